The van der Waals surface area contributed by atoms with Gasteiger partial charge in [0.25, 0.3) is 0 Å². The van der Waals surface area contributed by atoms with Crippen molar-refractivity contribution in [2.75, 3.05) is 13.3 Å². The van der Waals surface area contributed by atoms with Crippen LogP contribution in [0.4, 0.5) is 4.79 Å². The van der Waals surface area contributed by atoms with Gasteiger partial charge in [0.2, 0.25) is 28.6 Å². The van der Waals surface area contributed by atoms with Gasteiger partial charge in [-0.1, -0.05) is 54.9 Å². The van der Waals surface area contributed by atoms with Crippen LogP contribution in [0.3, 0.4) is 0 Å². The van der Waals surface area contributed by atoms with Crippen molar-refractivity contribution in [2.24, 2.45) is 28.1 Å². The van der Waals surface area contributed by atoms with Crippen LogP contribution in [-0.4, -0.2) is 78.4 Å². The number of carbonyl (C=O) groups excluding carboxylic acids is 5. The lowest BCUT2D eigenvalue weighted by molar-refractivity contribution is -0.146. The quantitative estimate of drug-likeness (QED) is 0.312. The van der Waals surface area contributed by atoms with Crippen molar-refractivity contribution in [1.29, 1.82) is 0 Å². The Balaban J connectivity index is 1.22. The fourth-order valence-corrected chi connectivity index (χ4v) is 9.42. The molecule has 3 amide bonds. The van der Waals surface area contributed by atoms with Gasteiger partial charge in [-0.3, -0.25) is 28.8 Å². The number of sulfonamides is 1. The van der Waals surface area contributed by atoms with Gasteiger partial charge in [-0.25, -0.2) is 13.2 Å². The number of ether oxygens (including phenoxy) is 3. The third-order valence-electron chi connectivity index (χ3n) is 11.2. The van der Waals surface area contributed by atoms with Crippen LogP contribution >= 0.6 is 0 Å². The van der Waals surface area contributed by atoms with E-state index in [1.54, 1.807) is 4.90 Å². The van der Waals surface area contributed by atoms with Crippen LogP contribution in [0.1, 0.15) is 111 Å². The number of Topliss-reactive ketones (excluding diaryl/α,β-unsaturated/α-hetero) is 2. The highest BCUT2D eigenvalue weighted by Crippen LogP contribution is 2.58. The molecule has 5 aliphatic rings. The average Bonchev–Trinajstić information content (AvgIpc) is 3.86. The minimum Gasteiger partial charge on any atom is -0.454 e. The third-order valence-corrected chi connectivity index (χ3v) is 13.0. The predicted molar refractivity (Wildman–Crippen MR) is 189 cm³/mol. The van der Waals surface area contributed by atoms with Crippen molar-refractivity contribution < 1.29 is 46.6 Å². The molecule has 1 N–H and O–H groups in total. The molecule has 5 atom stereocenters. The molecule has 2 saturated carbocycles. The summed E-state index contributed by atoms with van der Waals surface area (Å²) in [5.74, 6) is -1.20. The Kier molecular flexibility index (Phi) is 9.97. The lowest BCUT2D eigenvalue weighted by atomic mass is 9.75. The first-order valence-electron chi connectivity index (χ1n) is 18.5. The standard InChI is InChI=1S/C38H53N3O10S/c1-8-24-15-38(24,34(45)39-52(47,48)27-9-10-27)17-30(43)29-14-26(20-41(29)33(44)28(37(5,6)7)13-25(42)16-36(2,3)4)51-35(46)40-18-22-11-31-32(50-21-49-31)12-23(22)19-40/h11-12,24,26-29H,8-10,13-21H2,1-7H3,(H,39,45)/t24-,26+,28+,29?,38-/m0/s1. The number of ketones is 2. The van der Waals surface area contributed by atoms with Gasteiger partial charge in [-0.2, -0.15) is 0 Å². The van der Waals surface area contributed by atoms with Gasteiger partial charge >= 0.3 is 6.09 Å². The second-order valence-electron chi connectivity index (χ2n) is 17.8. The van der Waals surface area contributed by atoms with Crippen LogP contribution in [0.15, 0.2) is 12.1 Å². The molecule has 0 bridgehead atoms. The topological polar surface area (TPSA) is 166 Å². The first-order chi connectivity index (χ1) is 24.2. The SMILES string of the molecule is CC[C@H]1C[C@@]1(CC(=O)C1C[C@@H](OC(=O)N2Cc3cc4c(cc3C2)OCO4)CN1C(=O)[C@@H](CC(=O)CC(C)(C)C)C(C)(C)C)C(=O)NS(=O)(=O)C1CC1. The number of amides is 3. The lowest BCUT2D eigenvalue weighted by Crippen LogP contribution is -2.48. The highest BCUT2D eigenvalue weighted by molar-refractivity contribution is 7.90. The van der Waals surface area contributed by atoms with Crippen LogP contribution < -0.4 is 14.2 Å². The Morgan fingerprint density at radius 3 is 2.13 bits per heavy atom. The van der Waals surface area contributed by atoms with E-state index in [4.69, 9.17) is 14.2 Å². The van der Waals surface area contributed by atoms with E-state index in [0.717, 1.165) is 11.1 Å². The number of hydrogen-bond donors (Lipinski definition) is 1. The zero-order chi connectivity index (χ0) is 38.0. The van der Waals surface area contributed by atoms with Gasteiger partial charge in [0.1, 0.15) is 11.9 Å². The van der Waals surface area contributed by atoms with E-state index in [1.165, 1.54) is 4.90 Å². The van der Waals surface area contributed by atoms with Crippen molar-refractivity contribution in [1.82, 2.24) is 14.5 Å². The van der Waals surface area contributed by atoms with E-state index >= 15 is 0 Å². The maximum absolute atomic E-state index is 14.5. The van der Waals surface area contributed by atoms with Crippen LogP contribution in [0.5, 0.6) is 11.5 Å². The summed E-state index contributed by atoms with van der Waals surface area (Å²) in [7, 11) is -3.83. The minimum atomic E-state index is -3.83. The second-order valence-corrected chi connectivity index (χ2v) is 19.7. The number of likely N-dealkylation sites (tertiary alicyclic amines) is 1. The van der Waals surface area contributed by atoms with Crippen LogP contribution in [0.2, 0.25) is 0 Å². The summed E-state index contributed by atoms with van der Waals surface area (Å²) in [6.45, 7) is 14.1. The summed E-state index contributed by atoms with van der Waals surface area (Å²) in [6, 6.07) is 2.68. The summed E-state index contributed by atoms with van der Waals surface area (Å²) >= 11 is 0. The van der Waals surface area contributed by atoms with Gasteiger partial charge in [-0.05, 0) is 59.3 Å². The summed E-state index contributed by atoms with van der Waals surface area (Å²) in [5.41, 5.74) is -0.284. The molecule has 13 nitrogen and oxygen atoms in total. The highest BCUT2D eigenvalue weighted by Gasteiger charge is 2.62. The molecule has 52 heavy (non-hydrogen) atoms. The van der Waals surface area contributed by atoms with Crippen molar-refractivity contribution in [3.63, 3.8) is 0 Å². The molecule has 0 radical (unpaired) electrons. The van der Waals surface area contributed by atoms with Crippen molar-refractivity contribution >= 4 is 39.5 Å². The lowest BCUT2D eigenvalue weighted by Gasteiger charge is -2.35. The Hall–Kier alpha value is -3.68. The van der Waals surface area contributed by atoms with E-state index in [-0.39, 0.29) is 62.0 Å². The second kappa shape index (κ2) is 13.6. The van der Waals surface area contributed by atoms with Gasteiger partial charge in [0, 0.05) is 44.7 Å². The smallest absolute Gasteiger partial charge is 0.410 e. The molecule has 1 aromatic rings. The predicted octanol–water partition coefficient (Wildman–Crippen LogP) is 4.88. The van der Waals surface area contributed by atoms with Gasteiger partial charge in [0.15, 0.2) is 17.3 Å². The Morgan fingerprint density at radius 1 is 1.00 bits per heavy atom. The van der Waals surface area contributed by atoms with E-state index < -0.39 is 62.0 Å². The first-order valence-corrected chi connectivity index (χ1v) is 20.0. The molecule has 3 aliphatic heterocycles. The Morgan fingerprint density at radius 2 is 1.62 bits per heavy atom. The Labute approximate surface area is 306 Å². The first kappa shape index (κ1) is 38.1. The number of fused-ring (bicyclic) bond motifs is 2. The molecule has 1 saturated heterocycles. The molecule has 0 aromatic heterocycles. The van der Waals surface area contributed by atoms with Gasteiger partial charge in [0.05, 0.1) is 23.3 Å². The molecular formula is C38H53N3O10S. The maximum Gasteiger partial charge on any atom is 0.410 e. The Bertz CT molecular complexity index is 1730. The monoisotopic (exact) mass is 743 g/mol. The van der Waals surface area contributed by atoms with E-state index in [9.17, 15) is 32.4 Å². The molecule has 3 fully saturated rings. The van der Waals surface area contributed by atoms with Crippen LogP contribution in [0, 0.1) is 28.1 Å². The number of nitrogens with one attached hydrogen (secondary N) is 1. The minimum absolute atomic E-state index is 0.00577. The molecule has 1 unspecified atom stereocenters. The molecule has 14 heteroatoms. The highest BCUT2D eigenvalue weighted by atomic mass is 32.2. The number of rotatable bonds is 12. The molecule has 2 aliphatic carbocycles. The third kappa shape index (κ3) is 7.96. The number of hydrogen-bond acceptors (Lipinski definition) is 10. The van der Waals surface area contributed by atoms with Crippen molar-refractivity contribution in [3.05, 3.63) is 23.3 Å². The fraction of sp³-hybridized carbons (Fsp3) is 0.711. The molecule has 0 spiro atoms. The summed E-state index contributed by atoms with van der Waals surface area (Å²) < 4.78 is 44.7. The number of carbonyl (C=O) groups is 5. The summed E-state index contributed by atoms with van der Waals surface area (Å²) in [4.78, 5) is 72.2. The maximum atomic E-state index is 14.5. The molecule has 3 heterocycles. The average molecular weight is 744 g/mol. The normalized spacial score (nSPS) is 25.8. The van der Waals surface area contributed by atoms with E-state index in [2.05, 4.69) is 4.72 Å². The van der Waals surface area contributed by atoms with Crippen LogP contribution in [-0.2, 0) is 47.0 Å². The summed E-state index contributed by atoms with van der Waals surface area (Å²) in [5, 5.41) is -0.595. The van der Waals surface area contributed by atoms with E-state index in [0.29, 0.717) is 50.3 Å². The number of benzene rings is 1. The molecule has 6 rings (SSSR count). The van der Waals surface area contributed by atoms with E-state index in [1.807, 2.05) is 60.6 Å². The summed E-state index contributed by atoms with van der Waals surface area (Å²) in [6.07, 6.45) is 0.576. The number of nitrogens with zero attached hydrogens (tertiary/aromatic N) is 2. The van der Waals surface area contributed by atoms with Gasteiger partial charge < -0.3 is 19.1 Å². The largest absolute Gasteiger partial charge is 0.454 e. The van der Waals surface area contributed by atoms with Crippen molar-refractivity contribution in [2.45, 2.75) is 130 Å². The molecule has 286 valence electrons. The van der Waals surface area contributed by atoms with Crippen LogP contribution in [0.25, 0.3) is 0 Å². The van der Waals surface area contributed by atoms with Crippen molar-refractivity contribution in [3.8, 4) is 11.5 Å². The molecular weight excluding hydrogens is 690 g/mol. The molecule has 1 aromatic carbocycles. The van der Waals surface area contributed by atoms with Gasteiger partial charge in [-0.15, -0.1) is 0 Å². The zero-order valence-electron chi connectivity index (χ0n) is 31.4. The fourth-order valence-electron chi connectivity index (χ4n) is 8.03. The zero-order valence-corrected chi connectivity index (χ0v) is 32.2.